The largest absolute Gasteiger partial charge is 0.465 e. The molecule has 0 heterocycles. The summed E-state index contributed by atoms with van der Waals surface area (Å²) in [4.78, 5) is 49.0. The summed E-state index contributed by atoms with van der Waals surface area (Å²) >= 11 is 0. The monoisotopic (exact) mass is 500 g/mol. The highest BCUT2D eigenvalue weighted by Crippen LogP contribution is 2.32. The number of unbranched alkanes of at least 4 members (excludes halogenated alkanes) is 2. The maximum atomic E-state index is 12.9. The van der Waals surface area contributed by atoms with Gasteiger partial charge in [-0.25, -0.2) is 4.79 Å². The lowest BCUT2D eigenvalue weighted by molar-refractivity contribution is -0.160. The molecular formula is C29H40O7. The van der Waals surface area contributed by atoms with Gasteiger partial charge >= 0.3 is 17.9 Å². The van der Waals surface area contributed by atoms with Crippen LogP contribution in [0.5, 0.6) is 0 Å². The minimum absolute atomic E-state index is 0.00545. The van der Waals surface area contributed by atoms with Crippen LogP contribution in [0.3, 0.4) is 0 Å². The molecule has 7 nitrogen and oxygen atoms in total. The lowest BCUT2D eigenvalue weighted by Crippen LogP contribution is -2.39. The lowest BCUT2D eigenvalue weighted by atomic mass is 9.76. The van der Waals surface area contributed by atoms with E-state index in [1.165, 1.54) is 13.8 Å². The number of esters is 3. The molecular weight excluding hydrogens is 460 g/mol. The second-order valence-electron chi connectivity index (χ2n) is 8.72. The Bertz CT molecular complexity index is 923. The molecule has 0 spiro atoms. The van der Waals surface area contributed by atoms with Gasteiger partial charge in [0.2, 0.25) is 0 Å². The van der Waals surface area contributed by atoms with Crippen LogP contribution in [-0.2, 0) is 35.0 Å². The van der Waals surface area contributed by atoms with Gasteiger partial charge in [0.15, 0.2) is 6.10 Å². The highest BCUT2D eigenvalue weighted by atomic mass is 16.5. The Morgan fingerprint density at radius 1 is 0.917 bits per heavy atom. The van der Waals surface area contributed by atoms with Gasteiger partial charge < -0.3 is 14.2 Å². The summed E-state index contributed by atoms with van der Waals surface area (Å²) in [6.07, 6.45) is 4.35. The van der Waals surface area contributed by atoms with E-state index in [0.717, 1.165) is 24.8 Å². The van der Waals surface area contributed by atoms with Gasteiger partial charge in [-0.05, 0) is 70.6 Å². The van der Waals surface area contributed by atoms with Gasteiger partial charge in [-0.3, -0.25) is 14.4 Å². The first-order valence-corrected chi connectivity index (χ1v) is 12.8. The molecule has 1 unspecified atom stereocenters. The molecule has 0 fully saturated rings. The number of hydrogen-bond donors (Lipinski definition) is 0. The van der Waals surface area contributed by atoms with Crippen LogP contribution >= 0.6 is 0 Å². The average molecular weight is 501 g/mol. The Morgan fingerprint density at radius 2 is 1.58 bits per heavy atom. The Balaban J connectivity index is 3.00. The molecule has 0 aromatic heterocycles. The Hall–Kier alpha value is -3.14. The normalized spacial score (nSPS) is 12.9. The van der Waals surface area contributed by atoms with Gasteiger partial charge in [-0.1, -0.05) is 43.7 Å². The number of ketones is 1. The van der Waals surface area contributed by atoms with Crippen molar-refractivity contribution in [2.75, 3.05) is 13.2 Å². The third kappa shape index (κ3) is 10.2. The zero-order chi connectivity index (χ0) is 27.0. The van der Waals surface area contributed by atoms with Gasteiger partial charge in [0.25, 0.3) is 0 Å². The molecule has 1 aromatic rings. The molecule has 0 radical (unpaired) electrons. The summed E-state index contributed by atoms with van der Waals surface area (Å²) in [5.41, 5.74) is 0.0565. The minimum Gasteiger partial charge on any atom is -0.465 e. The topological polar surface area (TPSA) is 96.0 Å². The van der Waals surface area contributed by atoms with Crippen LogP contribution in [0.25, 0.3) is 0 Å². The SMILES string of the molecule is CCCCC[C@H](C#CCC(CCCc1ccc(C(=O)OCC)cc1)(C(C)=O)C(=O)OCC)OC(C)=O. The zero-order valence-corrected chi connectivity index (χ0v) is 22.3. The van der Waals surface area contributed by atoms with Crippen LogP contribution in [0.1, 0.15) is 95.5 Å². The van der Waals surface area contributed by atoms with Crippen molar-refractivity contribution in [3.8, 4) is 11.8 Å². The van der Waals surface area contributed by atoms with Crippen molar-refractivity contribution in [2.24, 2.45) is 5.41 Å². The van der Waals surface area contributed by atoms with E-state index < -0.39 is 23.5 Å². The Morgan fingerprint density at radius 3 is 2.14 bits per heavy atom. The van der Waals surface area contributed by atoms with Crippen molar-refractivity contribution in [3.05, 3.63) is 35.4 Å². The van der Waals surface area contributed by atoms with Gasteiger partial charge in [0.1, 0.15) is 11.2 Å². The fourth-order valence-electron chi connectivity index (χ4n) is 3.85. The Labute approximate surface area is 215 Å². The van der Waals surface area contributed by atoms with Crippen molar-refractivity contribution in [1.82, 2.24) is 0 Å². The van der Waals surface area contributed by atoms with Gasteiger partial charge in [0.05, 0.1) is 18.8 Å². The summed E-state index contributed by atoms with van der Waals surface area (Å²) < 4.78 is 15.6. The lowest BCUT2D eigenvalue weighted by Gasteiger charge is -2.27. The van der Waals surface area contributed by atoms with E-state index in [9.17, 15) is 19.2 Å². The summed E-state index contributed by atoms with van der Waals surface area (Å²) in [6.45, 7) is 8.73. The molecule has 0 aliphatic carbocycles. The number of aryl methyl sites for hydroxylation is 1. The Kier molecular flexibility index (Phi) is 14.2. The van der Waals surface area contributed by atoms with Crippen molar-refractivity contribution in [3.63, 3.8) is 0 Å². The van der Waals surface area contributed by atoms with Gasteiger partial charge in [-0.2, -0.15) is 0 Å². The van der Waals surface area contributed by atoms with E-state index in [4.69, 9.17) is 14.2 Å². The highest BCUT2D eigenvalue weighted by Gasteiger charge is 2.43. The van der Waals surface area contributed by atoms with Crippen molar-refractivity contribution >= 4 is 23.7 Å². The van der Waals surface area contributed by atoms with Gasteiger partial charge in [0, 0.05) is 13.3 Å². The molecule has 7 heteroatoms. The number of benzene rings is 1. The van der Waals surface area contributed by atoms with Crippen LogP contribution in [0.4, 0.5) is 0 Å². The third-order valence-corrected chi connectivity index (χ3v) is 5.91. The number of Topliss-reactive ketones (excluding diaryl/α,β-unsaturated/α-hetero) is 1. The van der Waals surface area contributed by atoms with Crippen molar-refractivity contribution < 1.29 is 33.4 Å². The fraction of sp³-hybridized carbons (Fsp3) is 0.586. The number of carbonyl (C=O) groups excluding carboxylic acids is 4. The zero-order valence-electron chi connectivity index (χ0n) is 22.3. The van der Waals surface area contributed by atoms with Gasteiger partial charge in [-0.15, -0.1) is 0 Å². The van der Waals surface area contributed by atoms with Crippen LogP contribution < -0.4 is 0 Å². The van der Waals surface area contributed by atoms with Crippen LogP contribution in [0, 0.1) is 17.3 Å². The molecule has 0 N–H and O–H groups in total. The maximum absolute atomic E-state index is 12.9. The van der Waals surface area contributed by atoms with Crippen molar-refractivity contribution in [2.45, 2.75) is 92.1 Å². The molecule has 198 valence electrons. The number of hydrogen-bond acceptors (Lipinski definition) is 7. The van der Waals surface area contributed by atoms with E-state index >= 15 is 0 Å². The highest BCUT2D eigenvalue weighted by molar-refractivity contribution is 6.03. The first kappa shape index (κ1) is 30.9. The van der Waals surface area contributed by atoms with Crippen LogP contribution in [0.15, 0.2) is 24.3 Å². The van der Waals surface area contributed by atoms with E-state index in [1.807, 2.05) is 12.1 Å². The molecule has 0 bridgehead atoms. The van der Waals surface area contributed by atoms with E-state index in [1.54, 1.807) is 26.0 Å². The molecule has 36 heavy (non-hydrogen) atoms. The molecule has 0 saturated heterocycles. The molecule has 0 amide bonds. The fourth-order valence-corrected chi connectivity index (χ4v) is 3.85. The maximum Gasteiger partial charge on any atom is 0.338 e. The summed E-state index contributed by atoms with van der Waals surface area (Å²) in [6, 6.07) is 7.09. The van der Waals surface area contributed by atoms with Crippen molar-refractivity contribution in [1.29, 1.82) is 0 Å². The quantitative estimate of drug-likeness (QED) is 0.107. The number of carbonyl (C=O) groups is 4. The first-order valence-electron chi connectivity index (χ1n) is 12.8. The molecule has 0 saturated carbocycles. The molecule has 0 aliphatic heterocycles. The van der Waals surface area contributed by atoms with E-state index in [-0.39, 0.29) is 31.2 Å². The van der Waals surface area contributed by atoms with Crippen LogP contribution in [0.2, 0.25) is 0 Å². The second kappa shape index (κ2) is 16.5. The first-order chi connectivity index (χ1) is 17.2. The summed E-state index contributed by atoms with van der Waals surface area (Å²) in [7, 11) is 0. The molecule has 2 atom stereocenters. The minimum atomic E-state index is -1.39. The predicted octanol–water partition coefficient (Wildman–Crippen LogP) is 5.23. The average Bonchev–Trinajstić information content (AvgIpc) is 2.83. The molecule has 0 aliphatic rings. The second-order valence-corrected chi connectivity index (χ2v) is 8.72. The summed E-state index contributed by atoms with van der Waals surface area (Å²) in [5, 5.41) is 0. The standard InChI is InChI=1S/C29H40O7/c1-6-9-10-14-26(36-23(5)31)15-12-21-29(22(4)30,28(33)35-8-3)20-11-13-24-16-18-25(19-17-24)27(32)34-7-2/h16-19,26H,6-11,13-14,20-21H2,1-5H3/t26-,29?/m1/s1. The molecule has 1 aromatic carbocycles. The van der Waals surface area contributed by atoms with E-state index in [0.29, 0.717) is 31.4 Å². The van der Waals surface area contributed by atoms with E-state index in [2.05, 4.69) is 18.8 Å². The predicted molar refractivity (Wildman–Crippen MR) is 137 cm³/mol. The smallest absolute Gasteiger partial charge is 0.338 e. The van der Waals surface area contributed by atoms with Crippen LogP contribution in [-0.4, -0.2) is 43.0 Å². The third-order valence-electron chi connectivity index (χ3n) is 5.91. The molecule has 1 rings (SSSR count). The summed E-state index contributed by atoms with van der Waals surface area (Å²) in [5.74, 6) is 4.24. The number of rotatable bonds is 15. The number of ether oxygens (including phenoxy) is 3.